The summed E-state index contributed by atoms with van der Waals surface area (Å²) >= 11 is 23.0. The first-order valence-corrected chi connectivity index (χ1v) is 37.2. The molecule has 0 aliphatic carbocycles. The van der Waals surface area contributed by atoms with Crippen molar-refractivity contribution in [1.29, 1.82) is 0 Å². The molecule has 1 fully saturated rings. The number of anilines is 2. The van der Waals surface area contributed by atoms with Crippen molar-refractivity contribution in [3.8, 4) is 0 Å². The zero-order valence-electron chi connectivity index (χ0n) is 46.1. The smallest absolute Gasteiger partial charge is 0.210 e. The zero-order chi connectivity index (χ0) is 59.8. The van der Waals surface area contributed by atoms with E-state index in [0.717, 1.165) is 50.7 Å². The largest absolute Gasteiger partial charge is 2.00 e. The van der Waals surface area contributed by atoms with E-state index in [9.17, 15) is 0 Å². The van der Waals surface area contributed by atoms with Gasteiger partial charge in [0.2, 0.25) is 0 Å². The number of nitrogens with zero attached hydrogens (tertiary/aromatic N) is 1. The molecule has 11 aromatic rings. The molecule has 0 amide bonds. The van der Waals surface area contributed by atoms with Crippen molar-refractivity contribution in [3.63, 3.8) is 0 Å². The van der Waals surface area contributed by atoms with Crippen LogP contribution in [0.4, 0.5) is 11.5 Å². The first kappa shape index (κ1) is 74.3. The fourth-order valence-electron chi connectivity index (χ4n) is 8.62. The summed E-state index contributed by atoms with van der Waals surface area (Å²) in [5.41, 5.74) is 13.7. The number of halogens is 8. The summed E-state index contributed by atoms with van der Waals surface area (Å²) in [4.78, 5) is 4.43. The van der Waals surface area contributed by atoms with Crippen LogP contribution in [0.15, 0.2) is 273 Å². The van der Waals surface area contributed by atoms with Gasteiger partial charge in [-0.1, -0.05) is 157 Å². The van der Waals surface area contributed by atoms with E-state index in [1.807, 2.05) is 72.8 Å². The summed E-state index contributed by atoms with van der Waals surface area (Å²) in [6.45, 7) is 8.24. The number of pyridine rings is 1. The van der Waals surface area contributed by atoms with Crippen LogP contribution in [0.5, 0.6) is 0 Å². The van der Waals surface area contributed by atoms with Gasteiger partial charge < -0.3 is 20.8 Å². The average Bonchev–Trinajstić information content (AvgIpc) is 2.47. The van der Waals surface area contributed by atoms with Crippen LogP contribution in [-0.2, 0) is 42.3 Å². The summed E-state index contributed by atoms with van der Waals surface area (Å²) in [6.07, 6.45) is 0. The number of hydrogen-bond acceptors (Lipinski definition) is 5. The van der Waals surface area contributed by atoms with Crippen LogP contribution in [0.2, 0.25) is 0 Å². The van der Waals surface area contributed by atoms with Crippen LogP contribution in [0.3, 0.4) is 0 Å². The van der Waals surface area contributed by atoms with Gasteiger partial charge in [0.1, 0.15) is 5.82 Å². The van der Waals surface area contributed by atoms with E-state index in [4.69, 9.17) is 63.0 Å². The Balaban J connectivity index is 0.000000224. The molecule has 1 aliphatic heterocycles. The molecule has 1 aliphatic rings. The van der Waals surface area contributed by atoms with E-state index in [-0.39, 0.29) is 64.1 Å². The van der Waals surface area contributed by atoms with Gasteiger partial charge in [-0.3, -0.25) is 0 Å². The fourth-order valence-corrected chi connectivity index (χ4v) is 15.7. The summed E-state index contributed by atoms with van der Waals surface area (Å²) in [6, 6.07) is 88.7. The summed E-state index contributed by atoms with van der Waals surface area (Å²) < 4.78 is 15.8. The molecule has 0 spiro atoms. The van der Waals surface area contributed by atoms with Crippen molar-refractivity contribution >= 4 is 199 Å². The van der Waals surface area contributed by atoms with Crippen molar-refractivity contribution in [2.24, 2.45) is 0 Å². The number of nitrogen functional groups attached to an aromatic ring is 2. The van der Waals surface area contributed by atoms with Crippen molar-refractivity contribution in [3.05, 3.63) is 273 Å². The molecule has 0 unspecified atom stereocenters. The maximum Gasteiger partial charge on any atom is 2.00 e. The SMILES string of the molecule is C.CC1(C)OB(c2ccccc2Br)OC1(C)C.ClCCl.Nc1c(Br)cccc1Br.Nc1nc2c(Br)cccc2c2ccccc12.[Cl][Pd][Cl].[Fe+2].c1ccc([PH+](c2ccccc2)c2ccc[cH-]2)cc1.c1ccc([PH+](c2ccccc2)c2ccc[cH-]2)cc1. The standard InChI is InChI=1S/2C17H14P.C13H9BrN2.C12H16BBrO2.C6H5Br2N.CH2Cl2.CH4.2ClH.Fe.Pd/c2*1-3-9-15(10-4-1)18(17-13-7-8-14-17)16-11-5-2-6-12-16;14-11-7-3-6-9-8-4-1-2-5-10(8)13(15)16-12(9)11;1-11(2)12(3,4)16-13(15-11)9-7-5-6-8-10(9)14;7-4-2-1-3-5(8)6(4)9;2-1-3;;;;;/h2*1-14H;1-7H,(H2,15,16);5-8H,1-4H3;1-3H,9H2;1H2;1H4;2*1H;;/q2*-1;;;;;;;;2*+2. The van der Waals surface area contributed by atoms with Crippen molar-refractivity contribution in [1.82, 2.24) is 4.98 Å². The number of aromatic nitrogens is 1. The second-order valence-electron chi connectivity index (χ2n) is 19.1. The van der Waals surface area contributed by atoms with Crippen molar-refractivity contribution < 1.29 is 42.3 Å². The third kappa shape index (κ3) is 21.8. The first-order valence-electron chi connectivity index (χ1n) is 25.9. The maximum atomic E-state index is 5.98. The number of alkyl halides is 2. The molecule has 2 heterocycles. The van der Waals surface area contributed by atoms with Gasteiger partial charge in [0.05, 0.1) is 64.8 Å². The molecule has 12 rings (SSSR count). The molecule has 0 saturated carbocycles. The minimum absolute atomic E-state index is 0. The zero-order valence-corrected chi connectivity index (χ0v) is 60.2. The van der Waals surface area contributed by atoms with E-state index in [1.165, 1.54) is 31.8 Å². The average molecular weight is 1640 g/mol. The number of para-hydroxylation sites is 2. The molecule has 446 valence electrons. The van der Waals surface area contributed by atoms with Gasteiger partial charge in [-0.25, -0.2) is 17.1 Å². The summed E-state index contributed by atoms with van der Waals surface area (Å²) in [5.74, 6) is 0.579. The van der Waals surface area contributed by atoms with Gasteiger partial charge in [-0.15, -0.1) is 35.3 Å². The predicted octanol–water partition coefficient (Wildman–Crippen LogP) is 18.5. The van der Waals surface area contributed by atoms with Crippen LogP contribution in [0.25, 0.3) is 21.7 Å². The molecule has 0 radical (unpaired) electrons. The molecule has 18 heteroatoms. The van der Waals surface area contributed by atoms with Crippen LogP contribution in [0, 0.1) is 0 Å². The second kappa shape index (κ2) is 38.4. The Hall–Kier alpha value is -3.16. The van der Waals surface area contributed by atoms with Crippen LogP contribution < -0.4 is 48.8 Å². The molecule has 0 bridgehead atoms. The Labute approximate surface area is 576 Å². The van der Waals surface area contributed by atoms with E-state index < -0.39 is 15.8 Å². The molecule has 10 aromatic carbocycles. The number of nitrogens with two attached hydrogens (primary N) is 2. The van der Waals surface area contributed by atoms with E-state index in [1.54, 1.807) is 0 Å². The Bertz CT molecular complexity index is 3420. The second-order valence-corrected chi connectivity index (χ2v) is 30.7. The van der Waals surface area contributed by atoms with Gasteiger partial charge in [0.25, 0.3) is 0 Å². The molecule has 4 N–H and O–H groups in total. The first-order chi connectivity index (χ1) is 40.0. The molecule has 85 heavy (non-hydrogen) atoms. The third-order valence-corrected chi connectivity index (χ3v) is 21.5. The van der Waals surface area contributed by atoms with Crippen molar-refractivity contribution in [2.75, 3.05) is 16.8 Å². The number of fused-ring (bicyclic) bond motifs is 3. The van der Waals surface area contributed by atoms with Gasteiger partial charge in [-0.05, 0) is 170 Å². The van der Waals surface area contributed by atoms with Crippen molar-refractivity contribution in [2.45, 2.75) is 46.3 Å². The minimum Gasteiger partial charge on any atom is -0.210 e. The quantitative estimate of drug-likeness (QED) is 0.0415. The number of benzene rings is 8. The molecular weight excluding hydrogens is 1580 g/mol. The Morgan fingerprint density at radius 3 is 1.18 bits per heavy atom. The summed E-state index contributed by atoms with van der Waals surface area (Å²) in [7, 11) is 7.67. The van der Waals surface area contributed by atoms with Gasteiger partial charge >= 0.3 is 59.2 Å². The Kier molecular flexibility index (Phi) is 33.6. The van der Waals surface area contributed by atoms with Crippen LogP contribution in [-0.4, -0.2) is 28.6 Å². The Morgan fingerprint density at radius 1 is 0.471 bits per heavy atom. The monoisotopic (exact) mass is 1630 g/mol. The normalized spacial score (nSPS) is 12.3. The van der Waals surface area contributed by atoms with Gasteiger partial charge in [0, 0.05) is 28.7 Å². The van der Waals surface area contributed by atoms with E-state index in [2.05, 4.69) is 278 Å². The summed E-state index contributed by atoms with van der Waals surface area (Å²) in [5, 5.41) is 12.2. The third-order valence-electron chi connectivity index (χ3n) is 13.3. The maximum absolute atomic E-state index is 5.98. The van der Waals surface area contributed by atoms with E-state index >= 15 is 0 Å². The van der Waals surface area contributed by atoms with E-state index in [0.29, 0.717) is 5.82 Å². The topological polar surface area (TPSA) is 83.4 Å². The minimum atomic E-state index is -0.834. The molecule has 0 atom stereocenters. The number of rotatable bonds is 7. The molecule has 1 aromatic heterocycles. The van der Waals surface area contributed by atoms with Crippen LogP contribution in [0.1, 0.15) is 35.1 Å². The molecular formula is C67H66BBr4Cl4FeN3O2P2Pd+2. The molecule has 1 saturated heterocycles. The van der Waals surface area contributed by atoms with Gasteiger partial charge in [-0.2, -0.15) is 24.3 Å². The van der Waals surface area contributed by atoms with Gasteiger partial charge in [0.15, 0.2) is 0 Å². The van der Waals surface area contributed by atoms with Crippen LogP contribution >= 0.6 is 122 Å². The predicted molar refractivity (Wildman–Crippen MR) is 387 cm³/mol. The fraction of sp³-hybridized carbons (Fsp3) is 0.119. The Morgan fingerprint density at radius 2 is 0.800 bits per heavy atom. The number of hydrogen-bond donors (Lipinski definition) is 2. The molecule has 5 nitrogen and oxygen atoms in total.